The fraction of sp³-hybridized carbons (Fsp3) is 0.538. The molecule has 0 N–H and O–H groups in total. The van der Waals surface area contributed by atoms with Crippen LogP contribution in [0.4, 0.5) is 0 Å². The Kier molecular flexibility index (Phi) is 4.68. The Balaban J connectivity index is 2.60. The monoisotopic (exact) mass is 191 g/mol. The van der Waals surface area contributed by atoms with Crippen LogP contribution in [0.15, 0.2) is 36.5 Å². The van der Waals surface area contributed by atoms with E-state index in [0.717, 1.165) is 5.92 Å². The smallest absolute Gasteiger partial charge is 0.00471 e. The average Bonchev–Trinajstić information content (AvgIpc) is 2.19. The SMILES string of the molecule is C=C/C=C\C(=C/C)C1CCCN(C)C1. The minimum Gasteiger partial charge on any atom is -0.306 e. The highest BCUT2D eigenvalue weighted by Crippen LogP contribution is 2.23. The van der Waals surface area contributed by atoms with Crippen molar-refractivity contribution in [2.24, 2.45) is 5.92 Å². The predicted octanol–water partition coefficient (Wildman–Crippen LogP) is 3.02. The molecule has 1 rings (SSSR count). The molecule has 0 aromatic rings. The van der Waals surface area contributed by atoms with E-state index in [1.807, 2.05) is 12.2 Å². The zero-order chi connectivity index (χ0) is 10.4. The molecule has 1 aliphatic heterocycles. The van der Waals surface area contributed by atoms with Gasteiger partial charge >= 0.3 is 0 Å². The van der Waals surface area contributed by atoms with Gasteiger partial charge in [0.25, 0.3) is 0 Å². The molecule has 0 aliphatic carbocycles. The quantitative estimate of drug-likeness (QED) is 0.620. The van der Waals surface area contributed by atoms with E-state index in [0.29, 0.717) is 0 Å². The first kappa shape index (κ1) is 11.3. The molecule has 1 heterocycles. The summed E-state index contributed by atoms with van der Waals surface area (Å²) in [6, 6.07) is 0. The van der Waals surface area contributed by atoms with E-state index in [-0.39, 0.29) is 0 Å². The minimum atomic E-state index is 0.718. The molecular weight excluding hydrogens is 170 g/mol. The van der Waals surface area contributed by atoms with Crippen molar-refractivity contribution in [1.29, 1.82) is 0 Å². The standard InChI is InChI=1S/C13H21N/c1-4-6-8-12(5-2)13-9-7-10-14(3)11-13/h4-6,8,13H,1,7,9-11H2,2-3H3/b8-6-,12-5+. The van der Waals surface area contributed by atoms with Crippen molar-refractivity contribution in [3.63, 3.8) is 0 Å². The van der Waals surface area contributed by atoms with E-state index in [2.05, 4.69) is 37.6 Å². The van der Waals surface area contributed by atoms with Crippen LogP contribution >= 0.6 is 0 Å². The summed E-state index contributed by atoms with van der Waals surface area (Å²) in [5, 5.41) is 0. The lowest BCUT2D eigenvalue weighted by atomic mass is 9.90. The molecule has 1 unspecified atom stereocenters. The molecule has 0 aromatic carbocycles. The zero-order valence-electron chi connectivity index (χ0n) is 9.37. The maximum absolute atomic E-state index is 3.70. The molecule has 1 nitrogen and oxygen atoms in total. The van der Waals surface area contributed by atoms with Crippen LogP contribution in [0.25, 0.3) is 0 Å². The lowest BCUT2D eigenvalue weighted by molar-refractivity contribution is 0.232. The van der Waals surface area contributed by atoms with Crippen molar-refractivity contribution in [3.8, 4) is 0 Å². The predicted molar refractivity (Wildman–Crippen MR) is 63.3 cm³/mol. The Morgan fingerprint density at radius 1 is 1.50 bits per heavy atom. The van der Waals surface area contributed by atoms with Gasteiger partial charge in [-0.05, 0) is 44.8 Å². The number of piperidine rings is 1. The van der Waals surface area contributed by atoms with Gasteiger partial charge in [0.1, 0.15) is 0 Å². The lowest BCUT2D eigenvalue weighted by Crippen LogP contribution is -2.32. The second-order valence-corrected chi connectivity index (χ2v) is 3.98. The van der Waals surface area contributed by atoms with Gasteiger partial charge in [-0.3, -0.25) is 0 Å². The highest BCUT2D eigenvalue weighted by molar-refractivity contribution is 5.24. The summed E-state index contributed by atoms with van der Waals surface area (Å²) < 4.78 is 0. The summed E-state index contributed by atoms with van der Waals surface area (Å²) in [5.41, 5.74) is 1.46. The molecule has 0 amide bonds. The number of hydrogen-bond acceptors (Lipinski definition) is 1. The first-order chi connectivity index (χ1) is 6.77. The van der Waals surface area contributed by atoms with E-state index in [4.69, 9.17) is 0 Å². The highest BCUT2D eigenvalue weighted by atomic mass is 15.1. The third-order valence-corrected chi connectivity index (χ3v) is 2.85. The van der Waals surface area contributed by atoms with Crippen molar-refractivity contribution < 1.29 is 0 Å². The normalized spacial score (nSPS) is 25.6. The van der Waals surface area contributed by atoms with Crippen molar-refractivity contribution in [2.45, 2.75) is 19.8 Å². The molecule has 1 aliphatic rings. The van der Waals surface area contributed by atoms with Gasteiger partial charge in [0.15, 0.2) is 0 Å². The van der Waals surface area contributed by atoms with Crippen LogP contribution in [0.3, 0.4) is 0 Å². The van der Waals surface area contributed by atoms with Gasteiger partial charge in [0.2, 0.25) is 0 Å². The summed E-state index contributed by atoms with van der Waals surface area (Å²) in [5.74, 6) is 0.718. The Morgan fingerprint density at radius 3 is 2.86 bits per heavy atom. The van der Waals surface area contributed by atoms with Crippen LogP contribution in [0, 0.1) is 5.92 Å². The Labute approximate surface area is 87.8 Å². The molecule has 0 radical (unpaired) electrons. The summed E-state index contributed by atoms with van der Waals surface area (Å²) in [4.78, 5) is 2.42. The zero-order valence-corrected chi connectivity index (χ0v) is 9.37. The van der Waals surface area contributed by atoms with E-state index in [1.165, 1.54) is 31.5 Å². The fourth-order valence-corrected chi connectivity index (χ4v) is 2.09. The van der Waals surface area contributed by atoms with E-state index in [9.17, 15) is 0 Å². The lowest BCUT2D eigenvalue weighted by Gasteiger charge is -2.30. The summed E-state index contributed by atoms with van der Waals surface area (Å²) in [6.07, 6.45) is 10.9. The molecule has 0 aromatic heterocycles. The summed E-state index contributed by atoms with van der Waals surface area (Å²) in [6.45, 7) is 8.27. The van der Waals surface area contributed by atoms with Gasteiger partial charge < -0.3 is 4.90 Å². The summed E-state index contributed by atoms with van der Waals surface area (Å²) in [7, 11) is 2.21. The molecule has 1 saturated heterocycles. The summed E-state index contributed by atoms with van der Waals surface area (Å²) >= 11 is 0. The largest absolute Gasteiger partial charge is 0.306 e. The molecule has 78 valence electrons. The molecular formula is C13H21N. The van der Waals surface area contributed by atoms with E-state index >= 15 is 0 Å². The van der Waals surface area contributed by atoms with Crippen molar-refractivity contribution in [1.82, 2.24) is 4.90 Å². The topological polar surface area (TPSA) is 3.24 Å². The van der Waals surface area contributed by atoms with Gasteiger partial charge in [0.05, 0.1) is 0 Å². The Bertz CT molecular complexity index is 238. The molecule has 1 atom stereocenters. The van der Waals surface area contributed by atoms with Gasteiger partial charge in [-0.2, -0.15) is 0 Å². The van der Waals surface area contributed by atoms with Crippen molar-refractivity contribution in [3.05, 3.63) is 36.5 Å². The maximum Gasteiger partial charge on any atom is 0.00471 e. The van der Waals surface area contributed by atoms with Crippen LogP contribution in [-0.2, 0) is 0 Å². The van der Waals surface area contributed by atoms with Gasteiger partial charge in [-0.25, -0.2) is 0 Å². The van der Waals surface area contributed by atoms with Crippen LogP contribution in [0.2, 0.25) is 0 Å². The Hall–Kier alpha value is -0.820. The van der Waals surface area contributed by atoms with Gasteiger partial charge in [-0.15, -0.1) is 0 Å². The van der Waals surface area contributed by atoms with Gasteiger partial charge in [0, 0.05) is 6.54 Å². The molecule has 0 spiro atoms. The molecule has 1 heteroatoms. The van der Waals surface area contributed by atoms with Gasteiger partial charge in [-0.1, -0.05) is 30.9 Å². The number of likely N-dealkylation sites (tertiary alicyclic amines) is 1. The second-order valence-electron chi connectivity index (χ2n) is 3.98. The van der Waals surface area contributed by atoms with Crippen molar-refractivity contribution >= 4 is 0 Å². The third kappa shape index (κ3) is 3.15. The first-order valence-electron chi connectivity index (χ1n) is 5.41. The molecule has 0 saturated carbocycles. The molecule has 1 fully saturated rings. The Morgan fingerprint density at radius 2 is 2.29 bits per heavy atom. The molecule has 14 heavy (non-hydrogen) atoms. The maximum atomic E-state index is 3.70. The number of hydrogen-bond donors (Lipinski definition) is 0. The van der Waals surface area contributed by atoms with E-state index < -0.39 is 0 Å². The number of allylic oxidation sites excluding steroid dienone is 4. The highest BCUT2D eigenvalue weighted by Gasteiger charge is 2.18. The fourth-order valence-electron chi connectivity index (χ4n) is 2.09. The first-order valence-corrected chi connectivity index (χ1v) is 5.41. The number of nitrogens with zero attached hydrogens (tertiary/aromatic N) is 1. The van der Waals surface area contributed by atoms with E-state index in [1.54, 1.807) is 0 Å². The van der Waals surface area contributed by atoms with Crippen LogP contribution in [-0.4, -0.2) is 25.0 Å². The second kappa shape index (κ2) is 5.82. The molecule has 0 bridgehead atoms. The average molecular weight is 191 g/mol. The van der Waals surface area contributed by atoms with Crippen LogP contribution in [0.1, 0.15) is 19.8 Å². The minimum absolute atomic E-state index is 0.718. The third-order valence-electron chi connectivity index (χ3n) is 2.85. The number of rotatable bonds is 3. The van der Waals surface area contributed by atoms with Crippen LogP contribution in [0.5, 0.6) is 0 Å². The van der Waals surface area contributed by atoms with Crippen LogP contribution < -0.4 is 0 Å². The van der Waals surface area contributed by atoms with Crippen molar-refractivity contribution in [2.75, 3.05) is 20.1 Å².